The van der Waals surface area contributed by atoms with Gasteiger partial charge in [0, 0.05) is 30.9 Å². The molecule has 3 aromatic rings. The zero-order valence-electron chi connectivity index (χ0n) is 16.6. The van der Waals surface area contributed by atoms with Crippen LogP contribution in [-0.4, -0.2) is 23.6 Å². The van der Waals surface area contributed by atoms with E-state index < -0.39 is 0 Å². The molecule has 28 heavy (non-hydrogen) atoms. The number of aromatic nitrogens is 2. The standard InChI is InChI=1S/C24H26N4/c1-16-25-22(19-11-10-18-12-13-28(2)23(18)14-19)15-24(26-16)27-21-9-5-7-17-6-3-4-8-20(17)21/h3-4,6,8,10-11,14-15,21H,5,7,9,12-13H2,1-2H3,(H,25,26,27)/t21-/m1/s1. The van der Waals surface area contributed by atoms with Gasteiger partial charge in [0.25, 0.3) is 0 Å². The summed E-state index contributed by atoms with van der Waals surface area (Å²) >= 11 is 0. The zero-order valence-corrected chi connectivity index (χ0v) is 16.6. The van der Waals surface area contributed by atoms with Gasteiger partial charge in [-0.15, -0.1) is 0 Å². The molecule has 4 nitrogen and oxygen atoms in total. The lowest BCUT2D eigenvalue weighted by atomic mass is 9.88. The predicted octanol–water partition coefficient (Wildman–Crippen LogP) is 4.93. The number of hydrogen-bond donors (Lipinski definition) is 1. The fraction of sp³-hybridized carbons (Fsp3) is 0.333. The molecule has 142 valence electrons. The lowest BCUT2D eigenvalue weighted by molar-refractivity contribution is 0.598. The summed E-state index contributed by atoms with van der Waals surface area (Å²) in [6.07, 6.45) is 4.65. The Kier molecular flexibility index (Phi) is 4.27. The second-order valence-corrected chi connectivity index (χ2v) is 7.99. The van der Waals surface area contributed by atoms with Crippen molar-refractivity contribution in [2.45, 2.75) is 38.6 Å². The number of fused-ring (bicyclic) bond motifs is 2. The zero-order chi connectivity index (χ0) is 19.1. The summed E-state index contributed by atoms with van der Waals surface area (Å²) in [6.45, 7) is 3.07. The number of anilines is 2. The first kappa shape index (κ1) is 17.2. The number of likely N-dealkylation sites (N-methyl/N-ethyl adjacent to an activating group) is 1. The Morgan fingerprint density at radius 3 is 2.82 bits per heavy atom. The minimum atomic E-state index is 0.318. The Balaban J connectivity index is 1.47. The van der Waals surface area contributed by atoms with Crippen LogP contribution in [0.3, 0.4) is 0 Å². The molecule has 4 heteroatoms. The van der Waals surface area contributed by atoms with Crippen LogP contribution in [0.4, 0.5) is 11.5 Å². The fourth-order valence-corrected chi connectivity index (χ4v) is 4.57. The van der Waals surface area contributed by atoms with E-state index >= 15 is 0 Å². The van der Waals surface area contributed by atoms with Crippen molar-refractivity contribution in [1.29, 1.82) is 0 Å². The summed E-state index contributed by atoms with van der Waals surface area (Å²) in [6, 6.07) is 17.9. The van der Waals surface area contributed by atoms with E-state index in [9.17, 15) is 0 Å². The van der Waals surface area contributed by atoms with Gasteiger partial charge in [-0.3, -0.25) is 0 Å². The molecule has 5 rings (SSSR count). The monoisotopic (exact) mass is 370 g/mol. The van der Waals surface area contributed by atoms with Gasteiger partial charge < -0.3 is 10.2 Å². The molecule has 0 radical (unpaired) electrons. The molecule has 2 heterocycles. The molecule has 0 bridgehead atoms. The van der Waals surface area contributed by atoms with E-state index in [0.29, 0.717) is 6.04 Å². The molecule has 1 N–H and O–H groups in total. The van der Waals surface area contributed by atoms with Crippen molar-refractivity contribution in [3.8, 4) is 11.3 Å². The highest BCUT2D eigenvalue weighted by atomic mass is 15.1. The maximum absolute atomic E-state index is 4.72. The Morgan fingerprint density at radius 2 is 1.89 bits per heavy atom. The topological polar surface area (TPSA) is 41.1 Å². The molecule has 0 unspecified atom stereocenters. The van der Waals surface area contributed by atoms with E-state index in [1.165, 1.54) is 35.2 Å². The molecule has 0 amide bonds. The molecule has 0 saturated carbocycles. The molecule has 2 aliphatic rings. The number of hydrogen-bond acceptors (Lipinski definition) is 4. The third-order valence-electron chi connectivity index (χ3n) is 6.04. The molecule has 1 aliphatic carbocycles. The summed E-state index contributed by atoms with van der Waals surface area (Å²) in [4.78, 5) is 11.7. The smallest absolute Gasteiger partial charge is 0.130 e. The van der Waals surface area contributed by atoms with Crippen molar-refractivity contribution in [2.75, 3.05) is 23.8 Å². The molecule has 2 aromatic carbocycles. The van der Waals surface area contributed by atoms with Gasteiger partial charge in [-0.2, -0.15) is 0 Å². The van der Waals surface area contributed by atoms with E-state index in [4.69, 9.17) is 4.98 Å². The van der Waals surface area contributed by atoms with Gasteiger partial charge in [-0.05, 0) is 55.4 Å². The van der Waals surface area contributed by atoms with Crippen LogP contribution in [-0.2, 0) is 12.8 Å². The summed E-state index contributed by atoms with van der Waals surface area (Å²) < 4.78 is 0. The molecule has 0 saturated heterocycles. The number of nitrogens with one attached hydrogen (secondary N) is 1. The van der Waals surface area contributed by atoms with Crippen LogP contribution in [0.15, 0.2) is 48.5 Å². The average molecular weight is 371 g/mol. The minimum absolute atomic E-state index is 0.318. The Hall–Kier alpha value is -2.88. The number of benzene rings is 2. The van der Waals surface area contributed by atoms with E-state index in [0.717, 1.165) is 42.3 Å². The third kappa shape index (κ3) is 3.13. The van der Waals surface area contributed by atoms with Crippen LogP contribution in [0, 0.1) is 6.92 Å². The van der Waals surface area contributed by atoms with E-state index in [1.807, 2.05) is 6.92 Å². The van der Waals surface area contributed by atoms with Gasteiger partial charge >= 0.3 is 0 Å². The number of nitrogens with zero attached hydrogens (tertiary/aromatic N) is 3. The van der Waals surface area contributed by atoms with Crippen LogP contribution in [0.25, 0.3) is 11.3 Å². The largest absolute Gasteiger partial charge is 0.374 e. The van der Waals surface area contributed by atoms with Gasteiger partial charge in [0.1, 0.15) is 11.6 Å². The first-order chi connectivity index (χ1) is 13.7. The van der Waals surface area contributed by atoms with Crippen molar-refractivity contribution in [3.05, 3.63) is 71.0 Å². The van der Waals surface area contributed by atoms with Crippen molar-refractivity contribution >= 4 is 11.5 Å². The van der Waals surface area contributed by atoms with Gasteiger partial charge in [0.05, 0.1) is 11.7 Å². The van der Waals surface area contributed by atoms with Gasteiger partial charge in [-0.25, -0.2) is 9.97 Å². The quantitative estimate of drug-likeness (QED) is 0.709. The number of aryl methyl sites for hydroxylation is 2. The van der Waals surface area contributed by atoms with E-state index in [2.05, 4.69) is 70.8 Å². The molecular weight excluding hydrogens is 344 g/mol. The minimum Gasteiger partial charge on any atom is -0.374 e. The maximum Gasteiger partial charge on any atom is 0.130 e. The summed E-state index contributed by atoms with van der Waals surface area (Å²) in [5.74, 6) is 1.72. The van der Waals surface area contributed by atoms with Gasteiger partial charge in [-0.1, -0.05) is 36.4 Å². The van der Waals surface area contributed by atoms with Crippen LogP contribution >= 0.6 is 0 Å². The lowest BCUT2D eigenvalue weighted by Crippen LogP contribution is -2.18. The van der Waals surface area contributed by atoms with E-state index in [1.54, 1.807) is 0 Å². The number of rotatable bonds is 3. The van der Waals surface area contributed by atoms with Crippen LogP contribution in [0.1, 0.15) is 41.4 Å². The first-order valence-corrected chi connectivity index (χ1v) is 10.2. The van der Waals surface area contributed by atoms with E-state index in [-0.39, 0.29) is 0 Å². The molecule has 1 aromatic heterocycles. The average Bonchev–Trinajstić information content (AvgIpc) is 3.08. The molecule has 1 atom stereocenters. The summed E-state index contributed by atoms with van der Waals surface area (Å²) in [5.41, 5.74) is 7.76. The van der Waals surface area contributed by atoms with Crippen molar-refractivity contribution in [2.24, 2.45) is 0 Å². The second-order valence-electron chi connectivity index (χ2n) is 7.99. The lowest BCUT2D eigenvalue weighted by Gasteiger charge is -2.27. The van der Waals surface area contributed by atoms with Gasteiger partial charge in [0.15, 0.2) is 0 Å². The first-order valence-electron chi connectivity index (χ1n) is 10.2. The molecule has 0 spiro atoms. The predicted molar refractivity (Wildman–Crippen MR) is 115 cm³/mol. The second kappa shape index (κ2) is 6.93. The summed E-state index contributed by atoms with van der Waals surface area (Å²) in [5, 5.41) is 3.69. The van der Waals surface area contributed by atoms with Crippen molar-refractivity contribution in [1.82, 2.24) is 9.97 Å². The van der Waals surface area contributed by atoms with Crippen molar-refractivity contribution in [3.63, 3.8) is 0 Å². The molecular formula is C24H26N4. The molecule has 1 aliphatic heterocycles. The Bertz CT molecular complexity index is 1030. The van der Waals surface area contributed by atoms with Crippen LogP contribution in [0.5, 0.6) is 0 Å². The normalized spacial score (nSPS) is 17.9. The highest BCUT2D eigenvalue weighted by molar-refractivity contribution is 5.71. The fourth-order valence-electron chi connectivity index (χ4n) is 4.57. The van der Waals surface area contributed by atoms with Gasteiger partial charge in [0.2, 0.25) is 0 Å². The molecule has 0 fully saturated rings. The van der Waals surface area contributed by atoms with Crippen molar-refractivity contribution < 1.29 is 0 Å². The third-order valence-corrected chi connectivity index (χ3v) is 6.04. The Labute approximate surface area is 166 Å². The maximum atomic E-state index is 4.72. The summed E-state index contributed by atoms with van der Waals surface area (Å²) in [7, 11) is 2.16. The Morgan fingerprint density at radius 1 is 1.00 bits per heavy atom. The van der Waals surface area contributed by atoms with Crippen LogP contribution < -0.4 is 10.2 Å². The van der Waals surface area contributed by atoms with Crippen LogP contribution in [0.2, 0.25) is 0 Å². The highest BCUT2D eigenvalue weighted by Gasteiger charge is 2.21. The highest BCUT2D eigenvalue weighted by Crippen LogP contribution is 2.34. The SMILES string of the molecule is Cc1nc(N[C@@H]2CCCc3ccccc32)cc(-c2ccc3c(c2)N(C)CC3)n1.